The molecule has 0 aliphatic heterocycles. The molecule has 124 valence electrons. The second kappa shape index (κ2) is 7.78. The van der Waals surface area contributed by atoms with E-state index in [0.717, 1.165) is 17.0 Å². The first-order valence-corrected chi connectivity index (χ1v) is 7.73. The minimum Gasteiger partial charge on any atom is -0.394 e. The molecule has 1 atom stereocenters. The Morgan fingerprint density at radius 2 is 2.00 bits per heavy atom. The summed E-state index contributed by atoms with van der Waals surface area (Å²) in [6, 6.07) is 9.59. The molecule has 2 amide bonds. The van der Waals surface area contributed by atoms with E-state index >= 15 is 0 Å². The van der Waals surface area contributed by atoms with Gasteiger partial charge in [-0.15, -0.1) is 0 Å². The van der Waals surface area contributed by atoms with Gasteiger partial charge in [0.1, 0.15) is 0 Å². The number of rotatable bonds is 6. The standard InChI is InChI=1S/C17H24N4O2/c1-12(11-22)19-17(23)18-9-16-13(2)20-21(14(16)3)10-15-7-5-4-6-8-15/h4-8,12,22H,9-11H2,1-3H3,(H2,18,19,23)/t12-/m0/s1. The summed E-state index contributed by atoms with van der Waals surface area (Å²) in [5.74, 6) is 0. The van der Waals surface area contributed by atoms with Crippen molar-refractivity contribution in [2.75, 3.05) is 6.61 Å². The fourth-order valence-corrected chi connectivity index (χ4v) is 2.39. The normalized spacial score (nSPS) is 12.0. The Kier molecular flexibility index (Phi) is 5.76. The zero-order valence-electron chi connectivity index (χ0n) is 13.8. The lowest BCUT2D eigenvalue weighted by atomic mass is 10.2. The molecule has 0 aliphatic rings. The molecule has 0 spiro atoms. The number of nitrogens with one attached hydrogen (secondary N) is 2. The maximum absolute atomic E-state index is 11.7. The molecule has 0 fully saturated rings. The fraction of sp³-hybridized carbons (Fsp3) is 0.412. The van der Waals surface area contributed by atoms with Crippen LogP contribution in [0.3, 0.4) is 0 Å². The summed E-state index contributed by atoms with van der Waals surface area (Å²) in [6.45, 7) is 6.74. The van der Waals surface area contributed by atoms with Crippen molar-refractivity contribution < 1.29 is 9.90 Å². The fourth-order valence-electron chi connectivity index (χ4n) is 2.39. The number of nitrogens with zero attached hydrogens (tertiary/aromatic N) is 2. The molecule has 0 saturated carbocycles. The lowest BCUT2D eigenvalue weighted by Gasteiger charge is -2.12. The van der Waals surface area contributed by atoms with E-state index in [2.05, 4.69) is 27.9 Å². The van der Waals surface area contributed by atoms with Crippen LogP contribution in [0.15, 0.2) is 30.3 Å². The zero-order chi connectivity index (χ0) is 16.8. The number of aromatic nitrogens is 2. The molecular weight excluding hydrogens is 292 g/mol. The quantitative estimate of drug-likeness (QED) is 0.759. The largest absolute Gasteiger partial charge is 0.394 e. The lowest BCUT2D eigenvalue weighted by molar-refractivity contribution is 0.220. The van der Waals surface area contributed by atoms with Gasteiger partial charge in [-0.25, -0.2) is 4.79 Å². The number of hydrogen-bond acceptors (Lipinski definition) is 3. The van der Waals surface area contributed by atoms with Crippen LogP contribution in [0.4, 0.5) is 4.79 Å². The van der Waals surface area contributed by atoms with E-state index in [4.69, 9.17) is 5.11 Å². The molecule has 0 unspecified atom stereocenters. The predicted molar refractivity (Wildman–Crippen MR) is 89.2 cm³/mol. The molecular formula is C17H24N4O2. The van der Waals surface area contributed by atoms with Crippen LogP contribution in [0.25, 0.3) is 0 Å². The van der Waals surface area contributed by atoms with Gasteiger partial charge in [0.25, 0.3) is 0 Å². The predicted octanol–water partition coefficient (Wildman–Crippen LogP) is 1.73. The SMILES string of the molecule is Cc1nn(Cc2ccccc2)c(C)c1CNC(=O)N[C@@H](C)CO. The highest BCUT2D eigenvalue weighted by molar-refractivity contribution is 5.74. The van der Waals surface area contributed by atoms with E-state index in [1.807, 2.05) is 36.7 Å². The van der Waals surface area contributed by atoms with Gasteiger partial charge in [0.05, 0.1) is 24.9 Å². The van der Waals surface area contributed by atoms with Crippen molar-refractivity contribution in [2.24, 2.45) is 0 Å². The van der Waals surface area contributed by atoms with E-state index in [9.17, 15) is 4.79 Å². The van der Waals surface area contributed by atoms with Crippen LogP contribution in [-0.4, -0.2) is 33.6 Å². The van der Waals surface area contributed by atoms with Crippen molar-refractivity contribution in [2.45, 2.75) is 39.9 Å². The average molecular weight is 316 g/mol. The summed E-state index contributed by atoms with van der Waals surface area (Å²) in [7, 11) is 0. The van der Waals surface area contributed by atoms with Crippen molar-refractivity contribution >= 4 is 6.03 Å². The third kappa shape index (κ3) is 4.56. The van der Waals surface area contributed by atoms with E-state index in [1.54, 1.807) is 6.92 Å². The van der Waals surface area contributed by atoms with Crippen molar-refractivity contribution in [3.63, 3.8) is 0 Å². The van der Waals surface area contributed by atoms with E-state index in [1.165, 1.54) is 5.56 Å². The van der Waals surface area contributed by atoms with E-state index < -0.39 is 0 Å². The number of carbonyl (C=O) groups is 1. The zero-order valence-corrected chi connectivity index (χ0v) is 13.8. The van der Waals surface area contributed by atoms with Gasteiger partial charge in [-0.2, -0.15) is 5.10 Å². The third-order valence-electron chi connectivity index (χ3n) is 3.78. The van der Waals surface area contributed by atoms with Gasteiger partial charge in [0.15, 0.2) is 0 Å². The topological polar surface area (TPSA) is 79.2 Å². The first-order valence-electron chi connectivity index (χ1n) is 7.73. The lowest BCUT2D eigenvalue weighted by Crippen LogP contribution is -2.42. The van der Waals surface area contributed by atoms with Gasteiger partial charge in [0.2, 0.25) is 0 Å². The number of carbonyl (C=O) groups excluding carboxylic acids is 1. The summed E-state index contributed by atoms with van der Waals surface area (Å²) in [5, 5.41) is 19.0. The highest BCUT2D eigenvalue weighted by Crippen LogP contribution is 2.14. The summed E-state index contributed by atoms with van der Waals surface area (Å²) in [4.78, 5) is 11.7. The van der Waals surface area contributed by atoms with Crippen LogP contribution >= 0.6 is 0 Å². The Labute approximate surface area is 136 Å². The van der Waals surface area contributed by atoms with Crippen LogP contribution < -0.4 is 10.6 Å². The molecule has 0 saturated heterocycles. The van der Waals surface area contributed by atoms with Gasteiger partial charge in [-0.1, -0.05) is 30.3 Å². The number of aliphatic hydroxyl groups excluding tert-OH is 1. The Bertz CT molecular complexity index is 652. The Balaban J connectivity index is 2.02. The molecule has 6 nitrogen and oxygen atoms in total. The smallest absolute Gasteiger partial charge is 0.315 e. The summed E-state index contributed by atoms with van der Waals surface area (Å²) >= 11 is 0. The Morgan fingerprint density at radius 3 is 2.65 bits per heavy atom. The molecule has 1 aromatic carbocycles. The van der Waals surface area contributed by atoms with Crippen molar-refractivity contribution in [1.82, 2.24) is 20.4 Å². The summed E-state index contributed by atoms with van der Waals surface area (Å²) in [5.41, 5.74) is 4.16. The minimum absolute atomic E-state index is 0.0829. The number of urea groups is 1. The summed E-state index contributed by atoms with van der Waals surface area (Å²) < 4.78 is 1.95. The van der Waals surface area contributed by atoms with Crippen LogP contribution in [0.5, 0.6) is 0 Å². The van der Waals surface area contributed by atoms with Crippen molar-refractivity contribution in [3.8, 4) is 0 Å². The second-order valence-corrected chi connectivity index (χ2v) is 5.70. The van der Waals surface area contributed by atoms with Crippen LogP contribution in [-0.2, 0) is 13.1 Å². The number of aliphatic hydroxyl groups is 1. The van der Waals surface area contributed by atoms with Gasteiger partial charge in [-0.3, -0.25) is 4.68 Å². The van der Waals surface area contributed by atoms with Gasteiger partial charge >= 0.3 is 6.03 Å². The Hall–Kier alpha value is -2.34. The Morgan fingerprint density at radius 1 is 1.30 bits per heavy atom. The third-order valence-corrected chi connectivity index (χ3v) is 3.78. The number of benzene rings is 1. The van der Waals surface area contributed by atoms with Gasteiger partial charge < -0.3 is 15.7 Å². The number of amides is 2. The van der Waals surface area contributed by atoms with E-state index in [0.29, 0.717) is 13.1 Å². The number of aryl methyl sites for hydroxylation is 1. The average Bonchev–Trinajstić information content (AvgIpc) is 2.80. The highest BCUT2D eigenvalue weighted by atomic mass is 16.3. The monoisotopic (exact) mass is 316 g/mol. The van der Waals surface area contributed by atoms with Crippen LogP contribution in [0.1, 0.15) is 29.4 Å². The molecule has 2 rings (SSSR count). The summed E-state index contributed by atoms with van der Waals surface area (Å²) in [6.07, 6.45) is 0. The maximum atomic E-state index is 11.7. The molecule has 1 aromatic heterocycles. The first-order chi connectivity index (χ1) is 11.0. The van der Waals surface area contributed by atoms with Crippen LogP contribution in [0, 0.1) is 13.8 Å². The molecule has 3 N–H and O–H groups in total. The van der Waals surface area contributed by atoms with Crippen molar-refractivity contribution in [1.29, 1.82) is 0 Å². The molecule has 0 bridgehead atoms. The van der Waals surface area contributed by atoms with Crippen LogP contribution in [0.2, 0.25) is 0 Å². The second-order valence-electron chi connectivity index (χ2n) is 5.70. The highest BCUT2D eigenvalue weighted by Gasteiger charge is 2.13. The molecule has 6 heteroatoms. The van der Waals surface area contributed by atoms with Gasteiger partial charge in [-0.05, 0) is 26.3 Å². The molecule has 2 aromatic rings. The molecule has 0 aliphatic carbocycles. The minimum atomic E-state index is -0.291. The first kappa shape index (κ1) is 17.0. The van der Waals surface area contributed by atoms with Gasteiger partial charge in [0, 0.05) is 17.8 Å². The molecule has 23 heavy (non-hydrogen) atoms. The van der Waals surface area contributed by atoms with Crippen molar-refractivity contribution in [3.05, 3.63) is 52.8 Å². The maximum Gasteiger partial charge on any atom is 0.315 e. The molecule has 1 heterocycles. The molecule has 0 radical (unpaired) electrons. The number of hydrogen-bond donors (Lipinski definition) is 3. The van der Waals surface area contributed by atoms with E-state index in [-0.39, 0.29) is 18.7 Å².